The number of phenols is 1. The zero-order valence-corrected chi connectivity index (χ0v) is 8.18. The van der Waals surface area contributed by atoms with Crippen LogP contribution in [-0.4, -0.2) is 20.0 Å². The van der Waals surface area contributed by atoms with Gasteiger partial charge in [0.1, 0.15) is 5.75 Å². The molecule has 0 amide bonds. The Balaban J connectivity index is 2.63. The fourth-order valence-electron chi connectivity index (χ4n) is 1.32. The Labute approximate surface area is 86.1 Å². The van der Waals surface area contributed by atoms with Gasteiger partial charge in [-0.25, -0.2) is 4.68 Å². The fraction of sp³-hybridized carbons (Fsp3) is 0.111. The molecular weight excluding hydrogens is 194 g/mol. The van der Waals surface area contributed by atoms with Crippen molar-refractivity contribution >= 4 is 5.95 Å². The van der Waals surface area contributed by atoms with E-state index in [4.69, 9.17) is 11.6 Å². The Morgan fingerprint density at radius 1 is 1.33 bits per heavy atom. The predicted molar refractivity (Wildman–Crippen MR) is 56.4 cm³/mol. The Kier molecular flexibility index (Phi) is 1.96. The first-order valence-electron chi connectivity index (χ1n) is 4.35. The van der Waals surface area contributed by atoms with Crippen molar-refractivity contribution in [1.82, 2.24) is 14.9 Å². The van der Waals surface area contributed by atoms with Crippen LogP contribution in [0, 0.1) is 6.92 Å². The number of aromatic hydroxyl groups is 1. The standard InChI is InChI=1S/C9H11N5O/c1-5-2-3-7(15)6(4-5)8-12-13-9(10)14(8)11/h2-4,15H,11H2,1H3,(H2,10,13). The molecule has 0 aliphatic rings. The van der Waals surface area contributed by atoms with Crippen LogP contribution >= 0.6 is 0 Å². The number of anilines is 1. The minimum atomic E-state index is 0.0969. The molecule has 0 atom stereocenters. The Morgan fingerprint density at radius 3 is 2.67 bits per heavy atom. The van der Waals surface area contributed by atoms with Crippen LogP contribution in [0.2, 0.25) is 0 Å². The van der Waals surface area contributed by atoms with E-state index in [-0.39, 0.29) is 11.7 Å². The van der Waals surface area contributed by atoms with Crippen LogP contribution in [0.15, 0.2) is 18.2 Å². The summed E-state index contributed by atoms with van der Waals surface area (Å²) >= 11 is 0. The molecular formula is C9H11N5O. The molecule has 1 aromatic heterocycles. The van der Waals surface area contributed by atoms with E-state index in [1.165, 1.54) is 0 Å². The lowest BCUT2D eigenvalue weighted by Gasteiger charge is -2.04. The summed E-state index contributed by atoms with van der Waals surface area (Å²) in [7, 11) is 0. The fourth-order valence-corrected chi connectivity index (χ4v) is 1.32. The van der Waals surface area contributed by atoms with E-state index in [9.17, 15) is 5.11 Å². The normalized spacial score (nSPS) is 10.5. The summed E-state index contributed by atoms with van der Waals surface area (Å²) in [6, 6.07) is 5.14. The van der Waals surface area contributed by atoms with E-state index in [0.29, 0.717) is 11.4 Å². The van der Waals surface area contributed by atoms with E-state index in [1.54, 1.807) is 18.2 Å². The summed E-state index contributed by atoms with van der Waals surface area (Å²) in [6.45, 7) is 1.91. The van der Waals surface area contributed by atoms with Gasteiger partial charge in [-0.15, -0.1) is 10.2 Å². The zero-order chi connectivity index (χ0) is 11.0. The Bertz CT molecular complexity index is 505. The van der Waals surface area contributed by atoms with Gasteiger partial charge in [0, 0.05) is 0 Å². The number of phenolic OH excluding ortho intramolecular Hbond substituents is 1. The maximum Gasteiger partial charge on any atom is 0.241 e. The summed E-state index contributed by atoms with van der Waals surface area (Å²) in [5.74, 6) is 6.15. The molecule has 6 nitrogen and oxygen atoms in total. The summed E-state index contributed by atoms with van der Waals surface area (Å²) in [6.07, 6.45) is 0. The summed E-state index contributed by atoms with van der Waals surface area (Å²) in [5, 5.41) is 17.1. The molecule has 0 bridgehead atoms. The van der Waals surface area contributed by atoms with Crippen molar-refractivity contribution in [3.8, 4) is 17.1 Å². The molecule has 2 rings (SSSR count). The van der Waals surface area contributed by atoms with E-state index >= 15 is 0 Å². The third kappa shape index (κ3) is 1.45. The van der Waals surface area contributed by atoms with Gasteiger partial charge < -0.3 is 16.7 Å². The first-order valence-corrected chi connectivity index (χ1v) is 4.35. The highest BCUT2D eigenvalue weighted by molar-refractivity contribution is 5.65. The van der Waals surface area contributed by atoms with Crippen molar-refractivity contribution in [1.29, 1.82) is 0 Å². The molecule has 6 heteroatoms. The molecule has 0 unspecified atom stereocenters. The Hall–Kier alpha value is -2.24. The molecule has 1 heterocycles. The minimum absolute atomic E-state index is 0.0969. The van der Waals surface area contributed by atoms with Crippen molar-refractivity contribution < 1.29 is 5.11 Å². The number of nitrogen functional groups attached to an aromatic ring is 2. The summed E-state index contributed by atoms with van der Waals surface area (Å²) < 4.78 is 1.13. The number of benzene rings is 1. The van der Waals surface area contributed by atoms with Crippen molar-refractivity contribution in [2.75, 3.05) is 11.6 Å². The van der Waals surface area contributed by atoms with Crippen LogP contribution in [0.1, 0.15) is 5.56 Å². The second-order valence-electron chi connectivity index (χ2n) is 3.27. The van der Waals surface area contributed by atoms with Crippen molar-refractivity contribution in [3.05, 3.63) is 23.8 Å². The van der Waals surface area contributed by atoms with Crippen molar-refractivity contribution in [2.45, 2.75) is 6.92 Å². The van der Waals surface area contributed by atoms with Gasteiger partial charge in [-0.1, -0.05) is 11.6 Å². The van der Waals surface area contributed by atoms with E-state index < -0.39 is 0 Å². The van der Waals surface area contributed by atoms with Crippen LogP contribution in [0.5, 0.6) is 5.75 Å². The second kappa shape index (κ2) is 3.16. The average molecular weight is 205 g/mol. The van der Waals surface area contributed by atoms with Gasteiger partial charge in [-0.05, 0) is 19.1 Å². The average Bonchev–Trinajstić information content (AvgIpc) is 2.52. The molecule has 0 saturated carbocycles. The van der Waals surface area contributed by atoms with Crippen LogP contribution in [0.4, 0.5) is 5.95 Å². The van der Waals surface area contributed by atoms with E-state index in [1.807, 2.05) is 6.92 Å². The maximum absolute atomic E-state index is 9.64. The maximum atomic E-state index is 9.64. The lowest BCUT2D eigenvalue weighted by atomic mass is 10.1. The number of nitrogens with two attached hydrogens (primary N) is 2. The number of aromatic nitrogens is 3. The quantitative estimate of drug-likeness (QED) is 0.579. The van der Waals surface area contributed by atoms with Crippen molar-refractivity contribution in [3.63, 3.8) is 0 Å². The third-order valence-corrected chi connectivity index (χ3v) is 2.12. The van der Waals surface area contributed by atoms with Crippen LogP contribution in [-0.2, 0) is 0 Å². The third-order valence-electron chi connectivity index (χ3n) is 2.12. The number of aryl methyl sites for hydroxylation is 1. The molecule has 5 N–H and O–H groups in total. The van der Waals surface area contributed by atoms with Gasteiger partial charge in [-0.2, -0.15) is 0 Å². The van der Waals surface area contributed by atoms with E-state index in [0.717, 1.165) is 10.2 Å². The van der Waals surface area contributed by atoms with Crippen LogP contribution in [0.25, 0.3) is 11.4 Å². The summed E-state index contributed by atoms with van der Waals surface area (Å²) in [4.78, 5) is 0. The van der Waals surface area contributed by atoms with Crippen molar-refractivity contribution in [2.24, 2.45) is 0 Å². The summed E-state index contributed by atoms with van der Waals surface area (Å²) in [5.41, 5.74) is 6.95. The molecule has 78 valence electrons. The minimum Gasteiger partial charge on any atom is -0.507 e. The van der Waals surface area contributed by atoms with Gasteiger partial charge in [0.25, 0.3) is 0 Å². The lowest BCUT2D eigenvalue weighted by molar-refractivity contribution is 0.476. The molecule has 0 saturated heterocycles. The van der Waals surface area contributed by atoms with Gasteiger partial charge in [-0.3, -0.25) is 0 Å². The molecule has 0 aliphatic heterocycles. The van der Waals surface area contributed by atoms with E-state index in [2.05, 4.69) is 10.2 Å². The number of rotatable bonds is 1. The van der Waals surface area contributed by atoms with Gasteiger partial charge in [0.05, 0.1) is 5.56 Å². The Morgan fingerprint density at radius 2 is 2.07 bits per heavy atom. The van der Waals surface area contributed by atoms with Crippen LogP contribution < -0.4 is 11.6 Å². The molecule has 0 radical (unpaired) electrons. The molecule has 0 fully saturated rings. The molecule has 0 spiro atoms. The zero-order valence-electron chi connectivity index (χ0n) is 8.18. The first-order chi connectivity index (χ1) is 7.09. The molecule has 1 aromatic carbocycles. The molecule has 0 aliphatic carbocycles. The topological polar surface area (TPSA) is 103 Å². The van der Waals surface area contributed by atoms with Gasteiger partial charge >= 0.3 is 0 Å². The van der Waals surface area contributed by atoms with Gasteiger partial charge in [0.2, 0.25) is 5.95 Å². The first kappa shape index (κ1) is 9.32. The number of nitrogens with zero attached hydrogens (tertiary/aromatic N) is 3. The monoisotopic (exact) mass is 205 g/mol. The largest absolute Gasteiger partial charge is 0.507 e. The lowest BCUT2D eigenvalue weighted by Crippen LogP contribution is -2.13. The highest BCUT2D eigenvalue weighted by atomic mass is 16.3. The SMILES string of the molecule is Cc1ccc(O)c(-c2nnc(N)n2N)c1. The predicted octanol–water partition coefficient (Wildman–Crippen LogP) is 0.255. The highest BCUT2D eigenvalue weighted by Gasteiger charge is 2.12. The second-order valence-corrected chi connectivity index (χ2v) is 3.27. The molecule has 15 heavy (non-hydrogen) atoms. The van der Waals surface area contributed by atoms with Gasteiger partial charge in [0.15, 0.2) is 5.82 Å². The highest BCUT2D eigenvalue weighted by Crippen LogP contribution is 2.28. The van der Waals surface area contributed by atoms with Crippen LogP contribution in [0.3, 0.4) is 0 Å². The number of hydrogen-bond donors (Lipinski definition) is 3. The smallest absolute Gasteiger partial charge is 0.241 e. The number of hydrogen-bond acceptors (Lipinski definition) is 5. The molecule has 2 aromatic rings.